The number of para-hydroxylation sites is 4. The Hall–Kier alpha value is -4.65. The molecule has 7 nitrogen and oxygen atoms in total. The van der Waals surface area contributed by atoms with Crippen molar-refractivity contribution in [2.24, 2.45) is 0 Å². The summed E-state index contributed by atoms with van der Waals surface area (Å²) in [5.74, 6) is 0.716. The first-order valence-electron chi connectivity index (χ1n) is 10.3. The maximum Gasteiger partial charge on any atom is 0.260 e. The molecule has 0 fully saturated rings. The Labute approximate surface area is 189 Å². The van der Waals surface area contributed by atoms with Crippen LogP contribution in [0.15, 0.2) is 91.1 Å². The van der Waals surface area contributed by atoms with Gasteiger partial charge in [0.15, 0.2) is 5.75 Å². The first-order chi connectivity index (χ1) is 16.1. The van der Waals surface area contributed by atoms with Crippen LogP contribution in [-0.2, 0) is 6.54 Å². The minimum atomic E-state index is -0.491. The number of carbonyl (C=O) groups excluding carboxylic acids is 2. The molecule has 162 valence electrons. The lowest BCUT2D eigenvalue weighted by atomic mass is 10.1. The van der Waals surface area contributed by atoms with E-state index in [2.05, 4.69) is 10.3 Å². The molecule has 0 saturated heterocycles. The molecule has 33 heavy (non-hydrogen) atoms. The molecule has 0 aliphatic carbocycles. The van der Waals surface area contributed by atoms with Crippen molar-refractivity contribution in [1.82, 2.24) is 4.98 Å². The highest BCUT2D eigenvalue weighted by molar-refractivity contribution is 6.08. The number of hydrogen-bond acceptors (Lipinski definition) is 5. The standard InChI is InChI=1S/C26H19N3O4/c30-21-10-4-2-8-19(21)25(31)28-24-14-13-17(15-27-24)26(32)29-16-18-7-1-5-11-22(18)33-23-12-6-3-9-20(23)29/h1-15,30H,16H2,(H,27,28,31). The number of ether oxygens (including phenoxy) is 1. The Bertz CT molecular complexity index is 1350. The molecular formula is C26H19N3O4. The van der Waals surface area contributed by atoms with Crippen molar-refractivity contribution in [3.8, 4) is 17.2 Å². The SMILES string of the molecule is O=C(Nc1ccc(C(=O)N2Cc3ccccc3Oc3ccccc32)cn1)c1ccccc1O. The molecule has 0 atom stereocenters. The molecule has 7 heteroatoms. The number of aromatic nitrogens is 1. The van der Waals surface area contributed by atoms with E-state index in [4.69, 9.17) is 4.74 Å². The van der Waals surface area contributed by atoms with Crippen molar-refractivity contribution >= 4 is 23.3 Å². The second-order valence-electron chi connectivity index (χ2n) is 7.47. The van der Waals surface area contributed by atoms with Gasteiger partial charge in [0.25, 0.3) is 11.8 Å². The molecule has 2 N–H and O–H groups in total. The lowest BCUT2D eigenvalue weighted by Gasteiger charge is -2.22. The van der Waals surface area contributed by atoms with E-state index in [-0.39, 0.29) is 23.0 Å². The van der Waals surface area contributed by atoms with Crippen LogP contribution in [-0.4, -0.2) is 21.9 Å². The molecule has 3 aromatic carbocycles. The number of carbonyl (C=O) groups is 2. The molecule has 1 aliphatic rings. The lowest BCUT2D eigenvalue weighted by Crippen LogP contribution is -2.30. The molecule has 0 radical (unpaired) electrons. The van der Waals surface area contributed by atoms with Crippen LogP contribution in [0.3, 0.4) is 0 Å². The minimum Gasteiger partial charge on any atom is -0.507 e. The third-order valence-corrected chi connectivity index (χ3v) is 5.32. The summed E-state index contributed by atoms with van der Waals surface area (Å²) in [6.45, 7) is 0.345. The van der Waals surface area contributed by atoms with Crippen molar-refractivity contribution in [3.05, 3.63) is 108 Å². The van der Waals surface area contributed by atoms with E-state index in [0.717, 1.165) is 5.56 Å². The predicted octanol–water partition coefficient (Wildman–Crippen LogP) is 4.99. The Morgan fingerprint density at radius 1 is 0.879 bits per heavy atom. The van der Waals surface area contributed by atoms with E-state index in [1.54, 1.807) is 29.2 Å². The monoisotopic (exact) mass is 437 g/mol. The third-order valence-electron chi connectivity index (χ3n) is 5.32. The summed E-state index contributed by atoms with van der Waals surface area (Å²) < 4.78 is 6.06. The first-order valence-corrected chi connectivity index (χ1v) is 10.3. The highest BCUT2D eigenvalue weighted by Crippen LogP contribution is 2.39. The van der Waals surface area contributed by atoms with Crippen LogP contribution in [0.1, 0.15) is 26.3 Å². The van der Waals surface area contributed by atoms with Gasteiger partial charge in [0.1, 0.15) is 17.3 Å². The van der Waals surface area contributed by atoms with Gasteiger partial charge in [-0.1, -0.05) is 42.5 Å². The van der Waals surface area contributed by atoms with Gasteiger partial charge < -0.3 is 20.1 Å². The summed E-state index contributed by atoms with van der Waals surface area (Å²) >= 11 is 0. The molecule has 0 unspecified atom stereocenters. The number of anilines is 2. The number of benzene rings is 3. The van der Waals surface area contributed by atoms with Crippen molar-refractivity contribution in [2.75, 3.05) is 10.2 Å². The number of fused-ring (bicyclic) bond motifs is 2. The number of aromatic hydroxyl groups is 1. The van der Waals surface area contributed by atoms with E-state index < -0.39 is 5.91 Å². The molecular weight excluding hydrogens is 418 g/mol. The number of amides is 2. The lowest BCUT2D eigenvalue weighted by molar-refractivity contribution is 0.0983. The molecule has 0 bridgehead atoms. The number of rotatable bonds is 3. The van der Waals surface area contributed by atoms with Gasteiger partial charge in [-0.25, -0.2) is 4.98 Å². The minimum absolute atomic E-state index is 0.121. The quantitative estimate of drug-likeness (QED) is 0.471. The second kappa shape index (κ2) is 8.47. The average molecular weight is 437 g/mol. The van der Waals surface area contributed by atoms with Crippen LogP contribution in [0.4, 0.5) is 11.5 Å². The van der Waals surface area contributed by atoms with Gasteiger partial charge in [-0.2, -0.15) is 0 Å². The molecule has 0 saturated carbocycles. The van der Waals surface area contributed by atoms with Gasteiger partial charge in [0.05, 0.1) is 23.4 Å². The zero-order valence-electron chi connectivity index (χ0n) is 17.4. The van der Waals surface area contributed by atoms with Gasteiger partial charge in [0, 0.05) is 11.8 Å². The second-order valence-corrected chi connectivity index (χ2v) is 7.47. The van der Waals surface area contributed by atoms with Gasteiger partial charge in [-0.15, -0.1) is 0 Å². The largest absolute Gasteiger partial charge is 0.507 e. The number of phenolic OH excluding ortho intramolecular Hbond substituents is 1. The van der Waals surface area contributed by atoms with Crippen molar-refractivity contribution < 1.29 is 19.4 Å². The van der Waals surface area contributed by atoms with Crippen LogP contribution in [0.5, 0.6) is 17.2 Å². The predicted molar refractivity (Wildman–Crippen MR) is 124 cm³/mol. The Morgan fingerprint density at radius 2 is 1.61 bits per heavy atom. The highest BCUT2D eigenvalue weighted by Gasteiger charge is 2.26. The van der Waals surface area contributed by atoms with E-state index in [9.17, 15) is 14.7 Å². The number of pyridine rings is 1. The molecule has 4 aromatic rings. The highest BCUT2D eigenvalue weighted by atomic mass is 16.5. The number of nitrogens with zero attached hydrogens (tertiary/aromatic N) is 2. The van der Waals surface area contributed by atoms with Crippen LogP contribution in [0.25, 0.3) is 0 Å². The summed E-state index contributed by atoms with van der Waals surface area (Å²) in [4.78, 5) is 31.7. The molecule has 5 rings (SSSR count). The van der Waals surface area contributed by atoms with Gasteiger partial charge in [-0.3, -0.25) is 9.59 Å². The summed E-state index contributed by atoms with van der Waals surface area (Å²) in [7, 11) is 0. The third kappa shape index (κ3) is 3.99. The van der Waals surface area contributed by atoms with Gasteiger partial charge in [0.2, 0.25) is 0 Å². The fourth-order valence-corrected chi connectivity index (χ4v) is 3.66. The Morgan fingerprint density at radius 3 is 2.39 bits per heavy atom. The molecule has 2 heterocycles. The summed E-state index contributed by atoms with van der Waals surface area (Å²) in [5, 5.41) is 12.5. The summed E-state index contributed by atoms with van der Waals surface area (Å²) in [6, 6.07) is 24.4. The smallest absolute Gasteiger partial charge is 0.260 e. The average Bonchev–Trinajstić information content (AvgIpc) is 3.01. The van der Waals surface area contributed by atoms with Crippen LogP contribution >= 0.6 is 0 Å². The van der Waals surface area contributed by atoms with Crippen LogP contribution in [0, 0.1) is 0 Å². The van der Waals surface area contributed by atoms with Crippen LogP contribution < -0.4 is 15.0 Å². The molecule has 2 amide bonds. The van der Waals surface area contributed by atoms with Crippen LogP contribution in [0.2, 0.25) is 0 Å². The Kier molecular flexibility index (Phi) is 5.20. The topological polar surface area (TPSA) is 91.8 Å². The van der Waals surface area contributed by atoms with Crippen molar-refractivity contribution in [2.45, 2.75) is 6.54 Å². The van der Waals surface area contributed by atoms with Crippen molar-refractivity contribution in [3.63, 3.8) is 0 Å². The van der Waals surface area contributed by atoms with E-state index in [1.165, 1.54) is 18.3 Å². The normalized spacial score (nSPS) is 12.1. The fraction of sp³-hybridized carbons (Fsp3) is 0.0385. The molecule has 0 spiro atoms. The summed E-state index contributed by atoms with van der Waals surface area (Å²) in [6.07, 6.45) is 1.42. The maximum atomic E-state index is 13.4. The zero-order valence-corrected chi connectivity index (χ0v) is 17.4. The fourth-order valence-electron chi connectivity index (χ4n) is 3.66. The molecule has 1 aliphatic heterocycles. The number of nitrogens with one attached hydrogen (secondary N) is 1. The van der Waals surface area contributed by atoms with Gasteiger partial charge in [-0.05, 0) is 42.5 Å². The first kappa shape index (κ1) is 20.3. The maximum absolute atomic E-state index is 13.4. The Balaban J connectivity index is 1.40. The molecule has 1 aromatic heterocycles. The van der Waals surface area contributed by atoms with Gasteiger partial charge >= 0.3 is 0 Å². The zero-order chi connectivity index (χ0) is 22.8. The number of phenols is 1. The van der Waals surface area contributed by atoms with E-state index in [1.807, 2.05) is 48.5 Å². The number of hydrogen-bond donors (Lipinski definition) is 2. The van der Waals surface area contributed by atoms with Crippen molar-refractivity contribution in [1.29, 1.82) is 0 Å². The van der Waals surface area contributed by atoms with E-state index >= 15 is 0 Å². The summed E-state index contributed by atoms with van der Waals surface area (Å²) in [5.41, 5.74) is 2.06. The van der Waals surface area contributed by atoms with E-state index in [0.29, 0.717) is 29.3 Å².